The predicted molar refractivity (Wildman–Crippen MR) is 103 cm³/mol. The lowest BCUT2D eigenvalue weighted by Gasteiger charge is -2.21. The highest BCUT2D eigenvalue weighted by atomic mass is 16.3. The Balaban J connectivity index is 1.41. The lowest BCUT2D eigenvalue weighted by Crippen LogP contribution is -2.34. The minimum Gasteiger partial charge on any atom is -0.451 e. The Morgan fingerprint density at radius 3 is 2.62 bits per heavy atom. The molecule has 1 aliphatic rings. The summed E-state index contributed by atoms with van der Waals surface area (Å²) >= 11 is 0. The van der Waals surface area contributed by atoms with E-state index in [1.807, 2.05) is 35.2 Å². The zero-order valence-electron chi connectivity index (χ0n) is 15.1. The predicted octanol–water partition coefficient (Wildman–Crippen LogP) is 4.09. The standard InChI is InChI=1S/C22H24N2O2/c1-17-7-9-18(10-8-17)16-23-11-4-12-24(14-13-23)22(25)21-15-19-5-2-3-6-20(19)26-21/h2-3,5-10,15H,4,11-14,16H2,1H3. The minimum absolute atomic E-state index is 0.00149. The van der Waals surface area contributed by atoms with Crippen molar-refractivity contribution in [3.8, 4) is 0 Å². The fourth-order valence-electron chi connectivity index (χ4n) is 3.53. The van der Waals surface area contributed by atoms with Gasteiger partial charge >= 0.3 is 0 Å². The Morgan fingerprint density at radius 1 is 1.00 bits per heavy atom. The summed E-state index contributed by atoms with van der Waals surface area (Å²) in [5.41, 5.74) is 3.38. The Morgan fingerprint density at radius 2 is 1.81 bits per heavy atom. The highest BCUT2D eigenvalue weighted by Gasteiger charge is 2.23. The number of fused-ring (bicyclic) bond motifs is 1. The summed E-state index contributed by atoms with van der Waals surface area (Å²) in [5.74, 6) is 0.441. The van der Waals surface area contributed by atoms with Gasteiger partial charge in [0.15, 0.2) is 5.76 Å². The van der Waals surface area contributed by atoms with E-state index in [-0.39, 0.29) is 5.91 Å². The molecular formula is C22H24N2O2. The van der Waals surface area contributed by atoms with Crippen molar-refractivity contribution in [2.75, 3.05) is 26.2 Å². The average molecular weight is 348 g/mol. The molecule has 0 atom stereocenters. The number of hydrogen-bond donors (Lipinski definition) is 0. The normalized spacial score (nSPS) is 16.0. The Bertz CT molecular complexity index is 865. The number of aryl methyl sites for hydroxylation is 1. The second kappa shape index (κ2) is 7.34. The van der Waals surface area contributed by atoms with Gasteiger partial charge in [-0.3, -0.25) is 9.69 Å². The largest absolute Gasteiger partial charge is 0.451 e. The number of nitrogens with zero attached hydrogens (tertiary/aromatic N) is 2. The average Bonchev–Trinajstić information content (AvgIpc) is 2.96. The SMILES string of the molecule is Cc1ccc(CN2CCCN(C(=O)c3cc4ccccc4o3)CC2)cc1. The van der Waals surface area contributed by atoms with Crippen LogP contribution in [0.15, 0.2) is 59.0 Å². The van der Waals surface area contributed by atoms with Crippen LogP contribution in [0.3, 0.4) is 0 Å². The van der Waals surface area contributed by atoms with Gasteiger partial charge in [0.1, 0.15) is 5.58 Å². The smallest absolute Gasteiger partial charge is 0.289 e. The Hall–Kier alpha value is -2.59. The van der Waals surface area contributed by atoms with Gasteiger partial charge in [0.05, 0.1) is 0 Å². The summed E-state index contributed by atoms with van der Waals surface area (Å²) in [6.07, 6.45) is 0.984. The number of benzene rings is 2. The van der Waals surface area contributed by atoms with Gasteiger partial charge < -0.3 is 9.32 Å². The molecule has 4 nitrogen and oxygen atoms in total. The van der Waals surface area contributed by atoms with Gasteiger partial charge in [-0.1, -0.05) is 48.0 Å². The number of para-hydroxylation sites is 1. The van der Waals surface area contributed by atoms with Crippen LogP contribution in [0.25, 0.3) is 11.0 Å². The van der Waals surface area contributed by atoms with E-state index < -0.39 is 0 Å². The van der Waals surface area contributed by atoms with Gasteiger partial charge in [-0.15, -0.1) is 0 Å². The van der Waals surface area contributed by atoms with E-state index in [1.165, 1.54) is 11.1 Å². The van der Waals surface area contributed by atoms with Crippen molar-refractivity contribution in [3.63, 3.8) is 0 Å². The van der Waals surface area contributed by atoms with Crippen molar-refractivity contribution >= 4 is 16.9 Å². The van der Waals surface area contributed by atoms with Crippen LogP contribution < -0.4 is 0 Å². The maximum atomic E-state index is 12.8. The summed E-state index contributed by atoms with van der Waals surface area (Å²) in [6.45, 7) is 6.46. The second-order valence-electron chi connectivity index (χ2n) is 7.06. The molecule has 2 aromatic carbocycles. The minimum atomic E-state index is -0.00149. The quantitative estimate of drug-likeness (QED) is 0.715. The molecule has 0 spiro atoms. The fraction of sp³-hybridized carbons (Fsp3) is 0.318. The number of rotatable bonds is 3. The summed E-state index contributed by atoms with van der Waals surface area (Å²) in [5, 5.41) is 0.978. The van der Waals surface area contributed by atoms with Gasteiger partial charge in [-0.2, -0.15) is 0 Å². The second-order valence-corrected chi connectivity index (χ2v) is 7.06. The monoisotopic (exact) mass is 348 g/mol. The molecule has 134 valence electrons. The summed E-state index contributed by atoms with van der Waals surface area (Å²) in [4.78, 5) is 17.2. The lowest BCUT2D eigenvalue weighted by molar-refractivity contribution is 0.0731. The first kappa shape index (κ1) is 16.9. The highest BCUT2D eigenvalue weighted by molar-refractivity contribution is 5.96. The van der Waals surface area contributed by atoms with Crippen molar-refractivity contribution in [1.82, 2.24) is 9.80 Å². The molecule has 1 saturated heterocycles. The third-order valence-corrected chi connectivity index (χ3v) is 5.04. The number of furan rings is 1. The van der Waals surface area contributed by atoms with Crippen LogP contribution >= 0.6 is 0 Å². The van der Waals surface area contributed by atoms with E-state index in [0.29, 0.717) is 5.76 Å². The first-order valence-corrected chi connectivity index (χ1v) is 9.25. The zero-order valence-corrected chi connectivity index (χ0v) is 15.1. The third kappa shape index (κ3) is 3.65. The molecule has 1 amide bonds. The Labute approximate surface area is 154 Å². The highest BCUT2D eigenvalue weighted by Crippen LogP contribution is 2.21. The molecule has 1 fully saturated rings. The van der Waals surface area contributed by atoms with Gasteiger partial charge in [0.25, 0.3) is 5.91 Å². The molecule has 2 heterocycles. The van der Waals surface area contributed by atoms with Crippen LogP contribution in [-0.2, 0) is 6.54 Å². The summed E-state index contributed by atoms with van der Waals surface area (Å²) < 4.78 is 5.75. The van der Waals surface area contributed by atoms with Crippen molar-refractivity contribution in [3.05, 3.63) is 71.5 Å². The summed E-state index contributed by atoms with van der Waals surface area (Å²) in [6, 6.07) is 18.3. The molecule has 0 bridgehead atoms. The maximum Gasteiger partial charge on any atom is 0.289 e. The molecule has 1 aliphatic heterocycles. The Kier molecular flexibility index (Phi) is 4.76. The number of carbonyl (C=O) groups is 1. The molecule has 0 radical (unpaired) electrons. The molecule has 0 saturated carbocycles. The first-order chi connectivity index (χ1) is 12.7. The van der Waals surface area contributed by atoms with Crippen LogP contribution in [0.5, 0.6) is 0 Å². The van der Waals surface area contributed by atoms with E-state index in [1.54, 1.807) is 0 Å². The molecule has 4 rings (SSSR count). The van der Waals surface area contributed by atoms with Gasteiger partial charge in [0, 0.05) is 38.1 Å². The van der Waals surface area contributed by atoms with E-state index >= 15 is 0 Å². The van der Waals surface area contributed by atoms with Crippen LogP contribution in [-0.4, -0.2) is 41.9 Å². The van der Waals surface area contributed by atoms with E-state index in [2.05, 4.69) is 36.1 Å². The number of carbonyl (C=O) groups excluding carboxylic acids is 1. The fourth-order valence-corrected chi connectivity index (χ4v) is 3.53. The van der Waals surface area contributed by atoms with Crippen molar-refractivity contribution < 1.29 is 9.21 Å². The molecule has 0 unspecified atom stereocenters. The zero-order chi connectivity index (χ0) is 17.9. The van der Waals surface area contributed by atoms with E-state index in [4.69, 9.17) is 4.42 Å². The molecule has 3 aromatic rings. The maximum absolute atomic E-state index is 12.8. The van der Waals surface area contributed by atoms with Crippen molar-refractivity contribution in [2.24, 2.45) is 0 Å². The molecule has 1 aromatic heterocycles. The molecule has 0 aliphatic carbocycles. The van der Waals surface area contributed by atoms with Gasteiger partial charge in [0.2, 0.25) is 0 Å². The van der Waals surface area contributed by atoms with Crippen molar-refractivity contribution in [2.45, 2.75) is 19.9 Å². The molecule has 4 heteroatoms. The lowest BCUT2D eigenvalue weighted by atomic mass is 10.1. The van der Waals surface area contributed by atoms with Crippen LogP contribution in [0, 0.1) is 6.92 Å². The topological polar surface area (TPSA) is 36.7 Å². The molecule has 0 N–H and O–H groups in total. The van der Waals surface area contributed by atoms with Crippen LogP contribution in [0.4, 0.5) is 0 Å². The summed E-state index contributed by atoms with van der Waals surface area (Å²) in [7, 11) is 0. The number of amides is 1. The third-order valence-electron chi connectivity index (χ3n) is 5.04. The van der Waals surface area contributed by atoms with Crippen LogP contribution in [0.1, 0.15) is 28.1 Å². The van der Waals surface area contributed by atoms with Gasteiger partial charge in [-0.25, -0.2) is 0 Å². The first-order valence-electron chi connectivity index (χ1n) is 9.25. The number of hydrogen-bond acceptors (Lipinski definition) is 3. The molecule has 26 heavy (non-hydrogen) atoms. The van der Waals surface area contributed by atoms with E-state index in [0.717, 1.165) is 50.1 Å². The van der Waals surface area contributed by atoms with Crippen molar-refractivity contribution in [1.29, 1.82) is 0 Å². The van der Waals surface area contributed by atoms with Gasteiger partial charge in [-0.05, 0) is 31.0 Å². The van der Waals surface area contributed by atoms with E-state index in [9.17, 15) is 4.79 Å². The van der Waals surface area contributed by atoms with Crippen LogP contribution in [0.2, 0.25) is 0 Å². The molecular weight excluding hydrogens is 324 g/mol.